The molecule has 2 atom stereocenters. The number of hydrogen-bond donors (Lipinski definition) is 2. The number of aryl methyl sites for hydroxylation is 1. The number of aliphatic carboxylic acids is 1. The summed E-state index contributed by atoms with van der Waals surface area (Å²) in [5.41, 5.74) is 1.62. The van der Waals surface area contributed by atoms with E-state index in [1.54, 1.807) is 18.2 Å². The Morgan fingerprint density at radius 1 is 1.42 bits per heavy atom. The Morgan fingerprint density at radius 3 is 2.92 bits per heavy atom. The van der Waals surface area contributed by atoms with Gasteiger partial charge in [0.15, 0.2) is 6.61 Å². The van der Waals surface area contributed by atoms with Gasteiger partial charge in [0.25, 0.3) is 0 Å². The van der Waals surface area contributed by atoms with Gasteiger partial charge in [-0.2, -0.15) is 0 Å². The Hall–Kier alpha value is -2.09. The zero-order chi connectivity index (χ0) is 18.7. The summed E-state index contributed by atoms with van der Waals surface area (Å²) in [6.07, 6.45) is 0.152. The number of benzene rings is 1. The topological polar surface area (TPSA) is 96.0 Å². The standard InChI is InChI=1S/C18H21ClN2O5/c1-11-4-15(26-20-11)6-12-7-21(9-16(12)22)8-13-5-14(19)2-3-17(13)25-10-18(23)24/h2-5,12,16,22H,6-10H2,1H3,(H,23,24)/t12-,16+/m1/s1. The molecule has 1 aliphatic rings. The summed E-state index contributed by atoms with van der Waals surface area (Å²) in [6.45, 7) is 3.17. The highest BCUT2D eigenvalue weighted by atomic mass is 35.5. The van der Waals surface area contributed by atoms with E-state index in [0.29, 0.717) is 36.8 Å². The first-order valence-electron chi connectivity index (χ1n) is 8.36. The second-order valence-electron chi connectivity index (χ2n) is 6.59. The first kappa shape index (κ1) is 18.7. The zero-order valence-corrected chi connectivity index (χ0v) is 15.1. The molecule has 8 heteroatoms. The van der Waals surface area contributed by atoms with Crippen LogP contribution in [0.4, 0.5) is 0 Å². The minimum absolute atomic E-state index is 0.0462. The Morgan fingerprint density at radius 2 is 2.23 bits per heavy atom. The Labute approximate surface area is 156 Å². The summed E-state index contributed by atoms with van der Waals surface area (Å²) in [5.74, 6) is 0.261. The molecule has 1 aromatic heterocycles. The van der Waals surface area contributed by atoms with Gasteiger partial charge in [-0.15, -0.1) is 0 Å². The van der Waals surface area contributed by atoms with E-state index in [1.807, 2.05) is 13.0 Å². The van der Waals surface area contributed by atoms with Gasteiger partial charge in [0.1, 0.15) is 11.5 Å². The number of hydrogen-bond acceptors (Lipinski definition) is 6. The average Bonchev–Trinajstić information content (AvgIpc) is 3.12. The number of likely N-dealkylation sites (tertiary alicyclic amines) is 1. The number of carboxylic acids is 1. The van der Waals surface area contributed by atoms with Crippen LogP contribution in [-0.2, 0) is 17.8 Å². The first-order chi connectivity index (χ1) is 12.4. The lowest BCUT2D eigenvalue weighted by Gasteiger charge is -2.18. The minimum Gasteiger partial charge on any atom is -0.482 e. The molecule has 1 aromatic carbocycles. The highest BCUT2D eigenvalue weighted by Gasteiger charge is 2.32. The zero-order valence-electron chi connectivity index (χ0n) is 14.4. The van der Waals surface area contributed by atoms with Gasteiger partial charge < -0.3 is 19.5 Å². The van der Waals surface area contributed by atoms with Crippen molar-refractivity contribution >= 4 is 17.6 Å². The molecule has 1 aliphatic heterocycles. The van der Waals surface area contributed by atoms with Crippen molar-refractivity contribution in [3.8, 4) is 5.75 Å². The van der Waals surface area contributed by atoms with E-state index in [0.717, 1.165) is 17.0 Å². The fourth-order valence-electron chi connectivity index (χ4n) is 3.23. The van der Waals surface area contributed by atoms with E-state index in [1.165, 1.54) is 0 Å². The maximum Gasteiger partial charge on any atom is 0.341 e. The van der Waals surface area contributed by atoms with Gasteiger partial charge >= 0.3 is 5.97 Å². The molecule has 2 N–H and O–H groups in total. The number of rotatable bonds is 7. The highest BCUT2D eigenvalue weighted by Crippen LogP contribution is 2.28. The Kier molecular flexibility index (Phi) is 5.80. The number of β-amino-alcohol motifs (C(OH)–C–C–N with tert-alkyl or cyclic N) is 1. The molecule has 2 heterocycles. The molecule has 0 bridgehead atoms. The molecule has 0 spiro atoms. The van der Waals surface area contributed by atoms with Gasteiger partial charge in [-0.1, -0.05) is 16.8 Å². The predicted octanol–water partition coefficient (Wildman–Crippen LogP) is 2.14. The average molecular weight is 381 g/mol. The van der Waals surface area contributed by atoms with E-state index in [-0.39, 0.29) is 5.92 Å². The summed E-state index contributed by atoms with van der Waals surface area (Å²) in [6, 6.07) is 6.97. The summed E-state index contributed by atoms with van der Waals surface area (Å²) in [5, 5.41) is 23.6. The fraction of sp³-hybridized carbons (Fsp3) is 0.444. The van der Waals surface area contributed by atoms with Crippen LogP contribution in [0.25, 0.3) is 0 Å². The largest absolute Gasteiger partial charge is 0.482 e. The van der Waals surface area contributed by atoms with Crippen LogP contribution in [0.15, 0.2) is 28.8 Å². The van der Waals surface area contributed by atoms with Crippen LogP contribution in [0.5, 0.6) is 5.75 Å². The van der Waals surface area contributed by atoms with E-state index >= 15 is 0 Å². The van der Waals surface area contributed by atoms with Gasteiger partial charge in [-0.3, -0.25) is 4.90 Å². The quantitative estimate of drug-likeness (QED) is 0.759. The molecule has 3 rings (SSSR count). The normalized spacial score (nSPS) is 20.4. The molecule has 0 aliphatic carbocycles. The number of carboxylic acid groups (broad SMARTS) is 1. The van der Waals surface area contributed by atoms with Gasteiger partial charge in [-0.05, 0) is 25.1 Å². The minimum atomic E-state index is -1.04. The number of carbonyl (C=O) groups is 1. The molecule has 0 radical (unpaired) electrons. The van der Waals surface area contributed by atoms with Crippen LogP contribution in [0.2, 0.25) is 5.02 Å². The third-order valence-corrected chi connectivity index (χ3v) is 4.62. The summed E-state index contributed by atoms with van der Waals surface area (Å²) < 4.78 is 10.6. The molecular weight excluding hydrogens is 360 g/mol. The van der Waals surface area contributed by atoms with Gasteiger partial charge in [-0.25, -0.2) is 4.79 Å². The number of halogens is 1. The summed E-state index contributed by atoms with van der Waals surface area (Å²) in [4.78, 5) is 12.8. The Balaban J connectivity index is 1.65. The number of aromatic nitrogens is 1. The third-order valence-electron chi connectivity index (χ3n) is 4.39. The second-order valence-corrected chi connectivity index (χ2v) is 7.03. The van der Waals surface area contributed by atoms with Crippen LogP contribution >= 0.6 is 11.6 Å². The summed E-state index contributed by atoms with van der Waals surface area (Å²) in [7, 11) is 0. The third kappa shape index (κ3) is 4.75. The monoisotopic (exact) mass is 380 g/mol. The second kappa shape index (κ2) is 8.07. The van der Waals surface area contributed by atoms with Crippen LogP contribution in [0.1, 0.15) is 17.0 Å². The lowest BCUT2D eigenvalue weighted by atomic mass is 10.0. The molecular formula is C18H21ClN2O5. The fourth-order valence-corrected chi connectivity index (χ4v) is 3.43. The maximum atomic E-state index is 10.7. The van der Waals surface area contributed by atoms with Crippen LogP contribution in [-0.4, -0.2) is 52.0 Å². The van der Waals surface area contributed by atoms with E-state index < -0.39 is 18.7 Å². The van der Waals surface area contributed by atoms with Crippen molar-refractivity contribution in [3.05, 3.63) is 46.3 Å². The number of aliphatic hydroxyl groups is 1. The summed E-state index contributed by atoms with van der Waals surface area (Å²) >= 11 is 6.07. The van der Waals surface area contributed by atoms with Crippen molar-refractivity contribution in [3.63, 3.8) is 0 Å². The number of nitrogens with zero attached hydrogens (tertiary/aromatic N) is 2. The van der Waals surface area contributed by atoms with Crippen molar-refractivity contribution < 1.29 is 24.3 Å². The van der Waals surface area contributed by atoms with Crippen molar-refractivity contribution in [2.75, 3.05) is 19.7 Å². The Bertz CT molecular complexity index is 779. The lowest BCUT2D eigenvalue weighted by molar-refractivity contribution is -0.139. The molecule has 1 fully saturated rings. The van der Waals surface area contributed by atoms with E-state index in [2.05, 4.69) is 10.1 Å². The van der Waals surface area contributed by atoms with E-state index in [4.69, 9.17) is 26.0 Å². The van der Waals surface area contributed by atoms with Crippen LogP contribution in [0, 0.1) is 12.8 Å². The molecule has 0 saturated carbocycles. The van der Waals surface area contributed by atoms with Gasteiger partial charge in [0.05, 0.1) is 11.8 Å². The molecule has 2 aromatic rings. The van der Waals surface area contributed by atoms with E-state index in [9.17, 15) is 9.90 Å². The van der Waals surface area contributed by atoms with Gasteiger partial charge in [0, 0.05) is 48.6 Å². The van der Waals surface area contributed by atoms with Crippen molar-refractivity contribution in [2.45, 2.75) is 26.0 Å². The molecule has 26 heavy (non-hydrogen) atoms. The van der Waals surface area contributed by atoms with Crippen molar-refractivity contribution in [1.29, 1.82) is 0 Å². The smallest absolute Gasteiger partial charge is 0.341 e. The first-order valence-corrected chi connectivity index (χ1v) is 8.74. The molecule has 7 nitrogen and oxygen atoms in total. The predicted molar refractivity (Wildman–Crippen MR) is 94.3 cm³/mol. The van der Waals surface area contributed by atoms with Gasteiger partial charge in [0.2, 0.25) is 0 Å². The van der Waals surface area contributed by atoms with Crippen LogP contribution < -0.4 is 4.74 Å². The SMILES string of the molecule is Cc1cc(C[C@@H]2CN(Cc3cc(Cl)ccc3OCC(=O)O)C[C@@H]2O)on1. The maximum absolute atomic E-state index is 10.7. The molecule has 0 unspecified atom stereocenters. The van der Waals surface area contributed by atoms with Crippen molar-refractivity contribution in [1.82, 2.24) is 10.1 Å². The molecule has 140 valence electrons. The number of aliphatic hydroxyl groups excluding tert-OH is 1. The molecule has 1 saturated heterocycles. The van der Waals surface area contributed by atoms with Crippen LogP contribution in [0.3, 0.4) is 0 Å². The molecule has 0 amide bonds. The number of ether oxygens (including phenoxy) is 1. The lowest BCUT2D eigenvalue weighted by Crippen LogP contribution is -2.22. The highest BCUT2D eigenvalue weighted by molar-refractivity contribution is 6.30. The van der Waals surface area contributed by atoms with Crippen molar-refractivity contribution in [2.24, 2.45) is 5.92 Å².